The predicted octanol–water partition coefficient (Wildman–Crippen LogP) is 3.11. The van der Waals surface area contributed by atoms with Gasteiger partial charge < -0.3 is 20.5 Å². The number of carboxylic acids is 1. The summed E-state index contributed by atoms with van der Waals surface area (Å²) in [6.45, 7) is 8.46. The topological polar surface area (TPSA) is 105 Å². The molecule has 0 aromatic heterocycles. The molecular weight excluding hydrogens is 408 g/mol. The first-order valence-electron chi connectivity index (χ1n) is 10.8. The highest BCUT2D eigenvalue weighted by Gasteiger charge is 2.25. The van der Waals surface area contributed by atoms with E-state index >= 15 is 0 Å². The Morgan fingerprint density at radius 3 is 2.22 bits per heavy atom. The normalized spacial score (nSPS) is 16.6. The molecular formula is C25H36N2O5. The first-order chi connectivity index (χ1) is 15.0. The fourth-order valence-electron chi connectivity index (χ4n) is 3.31. The number of aliphatic carboxylic acids is 1. The number of hydrogen-bond acceptors (Lipinski definition) is 4. The van der Waals surface area contributed by atoms with Gasteiger partial charge in [-0.05, 0) is 25.8 Å². The monoisotopic (exact) mass is 444 g/mol. The van der Waals surface area contributed by atoms with E-state index in [1.807, 2.05) is 31.2 Å². The van der Waals surface area contributed by atoms with E-state index in [0.717, 1.165) is 12.0 Å². The van der Waals surface area contributed by atoms with Gasteiger partial charge in [-0.15, -0.1) is 0 Å². The van der Waals surface area contributed by atoms with Crippen LogP contribution in [0.4, 0.5) is 0 Å². The summed E-state index contributed by atoms with van der Waals surface area (Å²) in [4.78, 5) is 35.0. The van der Waals surface area contributed by atoms with Crippen LogP contribution in [0.25, 0.3) is 0 Å². The Bertz CT molecular complexity index is 819. The minimum atomic E-state index is -1.12. The zero-order valence-electron chi connectivity index (χ0n) is 19.8. The van der Waals surface area contributed by atoms with Crippen molar-refractivity contribution in [2.24, 2.45) is 11.8 Å². The summed E-state index contributed by atoms with van der Waals surface area (Å²) in [7, 11) is 1.70. The standard InChI is InChI=1S/C25H36N2O5/c1-16(14-17(2)23(32-6)15-21-10-8-7-9-11-21)12-13-22(27-20(5)28)18(3)24(29)26-19(4)25(30)31/h7-14,17-19,22-23H,15H2,1-6H3,(H,26,29)(H,27,28)(H,30,31)/b13-12+,16-14+. The van der Waals surface area contributed by atoms with Crippen LogP contribution in [0.15, 0.2) is 54.1 Å². The van der Waals surface area contributed by atoms with Gasteiger partial charge in [0.2, 0.25) is 11.8 Å². The van der Waals surface area contributed by atoms with E-state index in [-0.39, 0.29) is 17.9 Å². The second-order valence-electron chi connectivity index (χ2n) is 8.18. The van der Waals surface area contributed by atoms with E-state index < -0.39 is 29.9 Å². The van der Waals surface area contributed by atoms with Gasteiger partial charge in [-0.3, -0.25) is 14.4 Å². The minimum absolute atomic E-state index is 0.00843. The highest BCUT2D eigenvalue weighted by atomic mass is 16.5. The summed E-state index contributed by atoms with van der Waals surface area (Å²) in [5.41, 5.74) is 2.17. The highest BCUT2D eigenvalue weighted by Crippen LogP contribution is 2.17. The van der Waals surface area contributed by atoms with Crippen LogP contribution < -0.4 is 10.6 Å². The van der Waals surface area contributed by atoms with Gasteiger partial charge >= 0.3 is 5.97 Å². The van der Waals surface area contributed by atoms with Crippen LogP contribution in [-0.2, 0) is 25.5 Å². The number of methoxy groups -OCH3 is 1. The van der Waals surface area contributed by atoms with Gasteiger partial charge in [-0.25, -0.2) is 0 Å². The maximum atomic E-state index is 12.4. The van der Waals surface area contributed by atoms with Crippen LogP contribution in [0.3, 0.4) is 0 Å². The molecule has 7 heteroatoms. The number of allylic oxidation sites excluding steroid dienone is 2. The van der Waals surface area contributed by atoms with Gasteiger partial charge in [0.1, 0.15) is 6.04 Å². The molecule has 176 valence electrons. The second-order valence-corrected chi connectivity index (χ2v) is 8.18. The van der Waals surface area contributed by atoms with Gasteiger partial charge in [-0.1, -0.05) is 68.0 Å². The van der Waals surface area contributed by atoms with Crippen LogP contribution in [0.2, 0.25) is 0 Å². The van der Waals surface area contributed by atoms with Gasteiger partial charge in [0.15, 0.2) is 0 Å². The van der Waals surface area contributed by atoms with Gasteiger partial charge in [0.05, 0.1) is 18.1 Å². The molecule has 0 aliphatic carbocycles. The zero-order chi connectivity index (χ0) is 24.3. The van der Waals surface area contributed by atoms with E-state index in [1.54, 1.807) is 20.1 Å². The van der Waals surface area contributed by atoms with Gasteiger partial charge in [-0.2, -0.15) is 0 Å². The van der Waals surface area contributed by atoms with Crippen molar-refractivity contribution in [3.8, 4) is 0 Å². The van der Waals surface area contributed by atoms with E-state index in [0.29, 0.717) is 0 Å². The quantitative estimate of drug-likeness (QED) is 0.430. The summed E-state index contributed by atoms with van der Waals surface area (Å²) in [6, 6.07) is 8.56. The number of amides is 2. The SMILES string of the molecule is COC(Cc1ccccc1)C(C)/C=C(C)/C=C/C(NC(C)=O)C(C)C(=O)NC(C)C(=O)O. The summed E-state index contributed by atoms with van der Waals surface area (Å²) in [5.74, 6) is -2.34. The Morgan fingerprint density at radius 1 is 1.06 bits per heavy atom. The van der Waals surface area contributed by atoms with Crippen molar-refractivity contribution >= 4 is 17.8 Å². The van der Waals surface area contributed by atoms with Crippen molar-refractivity contribution in [1.82, 2.24) is 10.6 Å². The number of carbonyl (C=O) groups excluding carboxylic acids is 2. The molecule has 1 rings (SSSR count). The van der Waals surface area contributed by atoms with Crippen LogP contribution in [0, 0.1) is 11.8 Å². The molecule has 1 aromatic rings. The lowest BCUT2D eigenvalue weighted by molar-refractivity contribution is -0.142. The molecule has 0 saturated carbocycles. The molecule has 32 heavy (non-hydrogen) atoms. The van der Waals surface area contributed by atoms with E-state index in [9.17, 15) is 14.4 Å². The van der Waals surface area contributed by atoms with Gasteiger partial charge in [0, 0.05) is 20.0 Å². The number of benzene rings is 1. The van der Waals surface area contributed by atoms with Crippen molar-refractivity contribution in [3.05, 3.63) is 59.7 Å². The van der Waals surface area contributed by atoms with E-state index in [1.165, 1.54) is 19.4 Å². The molecule has 0 aliphatic rings. The Kier molecular flexibility index (Phi) is 11.4. The molecule has 3 N–H and O–H groups in total. The molecule has 5 unspecified atom stereocenters. The van der Waals surface area contributed by atoms with Crippen molar-refractivity contribution in [1.29, 1.82) is 0 Å². The molecule has 1 aromatic carbocycles. The number of ether oxygens (including phenoxy) is 1. The maximum absolute atomic E-state index is 12.4. The summed E-state index contributed by atoms with van der Waals surface area (Å²) >= 11 is 0. The Hall–Kier alpha value is -2.93. The molecule has 0 fully saturated rings. The summed E-state index contributed by atoms with van der Waals surface area (Å²) in [5, 5.41) is 14.2. The molecule has 0 spiro atoms. The summed E-state index contributed by atoms with van der Waals surface area (Å²) < 4.78 is 5.69. The summed E-state index contributed by atoms with van der Waals surface area (Å²) in [6.07, 6.45) is 6.51. The Morgan fingerprint density at radius 2 is 1.69 bits per heavy atom. The van der Waals surface area contributed by atoms with Crippen LogP contribution in [0.1, 0.15) is 40.2 Å². The molecule has 7 nitrogen and oxygen atoms in total. The van der Waals surface area contributed by atoms with Crippen molar-refractivity contribution in [2.75, 3.05) is 7.11 Å². The number of rotatable bonds is 12. The van der Waals surface area contributed by atoms with Crippen LogP contribution in [0.5, 0.6) is 0 Å². The lowest BCUT2D eigenvalue weighted by atomic mass is 9.94. The second kappa shape index (κ2) is 13.5. The number of carbonyl (C=O) groups is 3. The van der Waals surface area contributed by atoms with Gasteiger partial charge in [0.25, 0.3) is 0 Å². The molecule has 0 radical (unpaired) electrons. The third-order valence-electron chi connectivity index (χ3n) is 5.31. The lowest BCUT2D eigenvalue weighted by Gasteiger charge is -2.23. The molecule has 5 atom stereocenters. The zero-order valence-corrected chi connectivity index (χ0v) is 19.8. The van der Waals surface area contributed by atoms with Crippen LogP contribution in [-0.4, -0.2) is 48.2 Å². The molecule has 0 saturated heterocycles. The average molecular weight is 445 g/mol. The third-order valence-corrected chi connectivity index (χ3v) is 5.31. The minimum Gasteiger partial charge on any atom is -0.480 e. The molecule has 0 aliphatic heterocycles. The molecule has 0 heterocycles. The Labute approximate surface area is 190 Å². The van der Waals surface area contributed by atoms with Crippen molar-refractivity contribution < 1.29 is 24.2 Å². The highest BCUT2D eigenvalue weighted by molar-refractivity contribution is 5.85. The fraction of sp³-hybridized carbons (Fsp3) is 0.480. The first-order valence-corrected chi connectivity index (χ1v) is 10.8. The fourth-order valence-corrected chi connectivity index (χ4v) is 3.31. The van der Waals surface area contributed by atoms with Crippen molar-refractivity contribution in [3.63, 3.8) is 0 Å². The van der Waals surface area contributed by atoms with Crippen molar-refractivity contribution in [2.45, 2.75) is 59.2 Å². The first kappa shape index (κ1) is 27.1. The van der Waals surface area contributed by atoms with E-state index in [2.05, 4.69) is 35.8 Å². The number of carboxylic acid groups (broad SMARTS) is 1. The molecule has 2 amide bonds. The third kappa shape index (κ3) is 9.47. The number of nitrogens with one attached hydrogen (secondary N) is 2. The largest absolute Gasteiger partial charge is 0.480 e. The van der Waals surface area contributed by atoms with Crippen LogP contribution >= 0.6 is 0 Å². The van der Waals surface area contributed by atoms with E-state index in [4.69, 9.17) is 9.84 Å². The maximum Gasteiger partial charge on any atom is 0.325 e. The average Bonchev–Trinajstić information content (AvgIpc) is 2.74. The smallest absolute Gasteiger partial charge is 0.325 e. The number of hydrogen-bond donors (Lipinski definition) is 3. The molecule has 0 bridgehead atoms. The Balaban J connectivity index is 2.89. The predicted molar refractivity (Wildman–Crippen MR) is 125 cm³/mol. The lowest BCUT2D eigenvalue weighted by Crippen LogP contribution is -2.47.